The van der Waals surface area contributed by atoms with E-state index in [1.807, 2.05) is 44.2 Å². The van der Waals surface area contributed by atoms with Gasteiger partial charge in [0.25, 0.3) is 0 Å². The van der Waals surface area contributed by atoms with E-state index in [9.17, 15) is 4.79 Å². The SMILES string of the molecule is Cc1ccc(NC(=O)CSc2nnc(NCc3ccccc3)s2)c(C)c1. The molecule has 26 heavy (non-hydrogen) atoms. The molecule has 0 aliphatic rings. The van der Waals surface area contributed by atoms with E-state index >= 15 is 0 Å². The maximum atomic E-state index is 12.1. The molecule has 0 aliphatic carbocycles. The normalized spacial score (nSPS) is 10.5. The number of nitrogens with one attached hydrogen (secondary N) is 2. The van der Waals surface area contributed by atoms with E-state index in [-0.39, 0.29) is 5.91 Å². The summed E-state index contributed by atoms with van der Waals surface area (Å²) in [6.07, 6.45) is 0. The summed E-state index contributed by atoms with van der Waals surface area (Å²) in [5.74, 6) is 0.261. The highest BCUT2D eigenvalue weighted by Crippen LogP contribution is 2.26. The number of rotatable bonds is 7. The summed E-state index contributed by atoms with van der Waals surface area (Å²) in [6.45, 7) is 4.73. The Bertz CT molecular complexity index is 880. The first-order valence-electron chi connectivity index (χ1n) is 8.21. The number of benzene rings is 2. The standard InChI is InChI=1S/C19H20N4OS2/c1-13-8-9-16(14(2)10-13)21-17(24)12-25-19-23-22-18(26-19)20-11-15-6-4-3-5-7-15/h3-10H,11-12H2,1-2H3,(H,20,22)(H,21,24). The predicted molar refractivity (Wildman–Crippen MR) is 109 cm³/mol. The number of aromatic nitrogens is 2. The van der Waals surface area contributed by atoms with E-state index < -0.39 is 0 Å². The van der Waals surface area contributed by atoms with E-state index in [1.165, 1.54) is 34.2 Å². The van der Waals surface area contributed by atoms with Crippen LogP contribution in [0.1, 0.15) is 16.7 Å². The van der Waals surface area contributed by atoms with Crippen molar-refractivity contribution in [2.45, 2.75) is 24.7 Å². The summed E-state index contributed by atoms with van der Waals surface area (Å²) < 4.78 is 0.774. The summed E-state index contributed by atoms with van der Waals surface area (Å²) in [6, 6.07) is 16.1. The van der Waals surface area contributed by atoms with Gasteiger partial charge in [-0.2, -0.15) is 0 Å². The topological polar surface area (TPSA) is 66.9 Å². The Labute approximate surface area is 161 Å². The molecule has 1 amide bonds. The van der Waals surface area contributed by atoms with Gasteiger partial charge < -0.3 is 10.6 Å². The van der Waals surface area contributed by atoms with E-state index in [0.29, 0.717) is 12.3 Å². The maximum absolute atomic E-state index is 12.1. The van der Waals surface area contributed by atoms with Gasteiger partial charge in [0, 0.05) is 12.2 Å². The summed E-state index contributed by atoms with van der Waals surface area (Å²) in [4.78, 5) is 12.1. The van der Waals surface area contributed by atoms with Gasteiger partial charge in [0.15, 0.2) is 4.34 Å². The smallest absolute Gasteiger partial charge is 0.234 e. The first kappa shape index (κ1) is 18.4. The van der Waals surface area contributed by atoms with Crippen LogP contribution >= 0.6 is 23.1 Å². The predicted octanol–water partition coefficient (Wildman–Crippen LogP) is 4.50. The number of thioether (sulfide) groups is 1. The third kappa shape index (κ3) is 5.31. The second-order valence-corrected chi connectivity index (χ2v) is 8.07. The zero-order chi connectivity index (χ0) is 18.4. The van der Waals surface area contributed by atoms with Gasteiger partial charge in [-0.25, -0.2) is 0 Å². The van der Waals surface area contributed by atoms with Crippen molar-refractivity contribution in [3.05, 3.63) is 65.2 Å². The van der Waals surface area contributed by atoms with E-state index in [1.54, 1.807) is 0 Å². The highest BCUT2D eigenvalue weighted by atomic mass is 32.2. The van der Waals surface area contributed by atoms with E-state index in [2.05, 4.69) is 39.0 Å². The molecule has 2 N–H and O–H groups in total. The molecule has 0 spiro atoms. The third-order valence-corrected chi connectivity index (χ3v) is 5.69. The van der Waals surface area contributed by atoms with Crippen molar-refractivity contribution >= 4 is 39.8 Å². The number of aryl methyl sites for hydroxylation is 2. The molecule has 0 saturated heterocycles. The van der Waals surface area contributed by atoms with Crippen LogP contribution in [0.5, 0.6) is 0 Å². The maximum Gasteiger partial charge on any atom is 0.234 e. The van der Waals surface area contributed by atoms with Gasteiger partial charge >= 0.3 is 0 Å². The average Bonchev–Trinajstić information content (AvgIpc) is 3.09. The number of amides is 1. The fourth-order valence-corrected chi connectivity index (χ4v) is 3.93. The van der Waals surface area contributed by atoms with Crippen LogP contribution in [0.2, 0.25) is 0 Å². The number of nitrogens with zero attached hydrogens (tertiary/aromatic N) is 2. The zero-order valence-electron chi connectivity index (χ0n) is 14.7. The van der Waals surface area contributed by atoms with Crippen molar-refractivity contribution in [3.63, 3.8) is 0 Å². The summed E-state index contributed by atoms with van der Waals surface area (Å²) in [5.41, 5.74) is 4.28. The molecule has 7 heteroatoms. The van der Waals surface area contributed by atoms with Crippen LogP contribution in [-0.2, 0) is 11.3 Å². The minimum atomic E-state index is -0.0454. The van der Waals surface area contributed by atoms with E-state index in [4.69, 9.17) is 0 Å². The van der Waals surface area contributed by atoms with Crippen LogP contribution in [0.4, 0.5) is 10.8 Å². The van der Waals surface area contributed by atoms with Crippen LogP contribution in [0.15, 0.2) is 52.9 Å². The Hall–Kier alpha value is -2.38. The minimum Gasteiger partial charge on any atom is -0.356 e. The summed E-state index contributed by atoms with van der Waals surface area (Å²) in [7, 11) is 0. The lowest BCUT2D eigenvalue weighted by atomic mass is 10.1. The number of anilines is 2. The number of hydrogen-bond acceptors (Lipinski definition) is 6. The third-order valence-electron chi connectivity index (χ3n) is 3.68. The van der Waals surface area contributed by atoms with Crippen molar-refractivity contribution in [3.8, 4) is 0 Å². The molecule has 1 aromatic heterocycles. The molecular weight excluding hydrogens is 364 g/mol. The Balaban J connectivity index is 1.47. The second-order valence-electron chi connectivity index (χ2n) is 5.87. The lowest BCUT2D eigenvalue weighted by Gasteiger charge is -2.08. The molecule has 0 radical (unpaired) electrons. The number of carbonyl (C=O) groups excluding carboxylic acids is 1. The Kier molecular flexibility index (Phi) is 6.25. The van der Waals surface area contributed by atoms with Crippen LogP contribution in [-0.4, -0.2) is 21.9 Å². The van der Waals surface area contributed by atoms with E-state index in [0.717, 1.165) is 20.7 Å². The highest BCUT2D eigenvalue weighted by molar-refractivity contribution is 8.01. The number of hydrogen-bond donors (Lipinski definition) is 2. The molecule has 0 atom stereocenters. The van der Waals surface area contributed by atoms with Crippen molar-refractivity contribution < 1.29 is 4.79 Å². The van der Waals surface area contributed by atoms with Gasteiger partial charge in [0.05, 0.1) is 5.75 Å². The zero-order valence-corrected chi connectivity index (χ0v) is 16.3. The van der Waals surface area contributed by atoms with Crippen molar-refractivity contribution in [1.29, 1.82) is 0 Å². The van der Waals surface area contributed by atoms with Crippen molar-refractivity contribution in [2.24, 2.45) is 0 Å². The molecular formula is C19H20N4OS2. The van der Waals surface area contributed by atoms with Crippen LogP contribution < -0.4 is 10.6 Å². The quantitative estimate of drug-likeness (QED) is 0.587. The molecule has 1 heterocycles. The lowest BCUT2D eigenvalue weighted by molar-refractivity contribution is -0.113. The highest BCUT2D eigenvalue weighted by Gasteiger charge is 2.09. The van der Waals surface area contributed by atoms with Gasteiger partial charge in [0.1, 0.15) is 0 Å². The van der Waals surface area contributed by atoms with Gasteiger partial charge in [-0.05, 0) is 31.0 Å². The van der Waals surface area contributed by atoms with Crippen LogP contribution in [0.25, 0.3) is 0 Å². The minimum absolute atomic E-state index is 0.0454. The molecule has 0 fully saturated rings. The fourth-order valence-electron chi connectivity index (χ4n) is 2.38. The van der Waals surface area contributed by atoms with Crippen LogP contribution in [0.3, 0.4) is 0 Å². The fraction of sp³-hybridized carbons (Fsp3) is 0.211. The monoisotopic (exact) mass is 384 g/mol. The molecule has 0 bridgehead atoms. The molecule has 5 nitrogen and oxygen atoms in total. The molecule has 3 aromatic rings. The summed E-state index contributed by atoms with van der Waals surface area (Å²) >= 11 is 2.85. The molecule has 134 valence electrons. The second kappa shape index (κ2) is 8.82. The first-order chi connectivity index (χ1) is 12.6. The molecule has 0 unspecified atom stereocenters. The Morgan fingerprint density at radius 3 is 2.69 bits per heavy atom. The number of carbonyl (C=O) groups is 1. The Morgan fingerprint density at radius 1 is 1.12 bits per heavy atom. The van der Waals surface area contributed by atoms with Crippen LogP contribution in [0, 0.1) is 13.8 Å². The molecule has 2 aromatic carbocycles. The summed E-state index contributed by atoms with van der Waals surface area (Å²) in [5, 5.41) is 15.2. The van der Waals surface area contributed by atoms with Crippen molar-refractivity contribution in [2.75, 3.05) is 16.4 Å². The average molecular weight is 385 g/mol. The molecule has 3 rings (SSSR count). The van der Waals surface area contributed by atoms with Gasteiger partial charge in [-0.3, -0.25) is 4.79 Å². The lowest BCUT2D eigenvalue weighted by Crippen LogP contribution is -2.14. The first-order valence-corrected chi connectivity index (χ1v) is 10.0. The molecule has 0 saturated carbocycles. The van der Waals surface area contributed by atoms with Gasteiger partial charge in [-0.15, -0.1) is 10.2 Å². The van der Waals surface area contributed by atoms with Gasteiger partial charge in [-0.1, -0.05) is 71.1 Å². The Morgan fingerprint density at radius 2 is 1.92 bits per heavy atom. The van der Waals surface area contributed by atoms with Gasteiger partial charge in [0.2, 0.25) is 11.0 Å². The molecule has 0 aliphatic heterocycles. The van der Waals surface area contributed by atoms with Crippen molar-refractivity contribution in [1.82, 2.24) is 10.2 Å². The largest absolute Gasteiger partial charge is 0.356 e.